The number of imide groups is 1. The Kier molecular flexibility index (Phi) is 4.77. The zero-order valence-corrected chi connectivity index (χ0v) is 12.2. The van der Waals surface area contributed by atoms with Gasteiger partial charge in [0.05, 0.1) is 24.5 Å². The first-order valence-corrected chi connectivity index (χ1v) is 6.74. The van der Waals surface area contributed by atoms with Crippen molar-refractivity contribution in [2.24, 2.45) is 0 Å². The number of benzene rings is 1. The molecule has 7 nitrogen and oxygen atoms in total. The van der Waals surface area contributed by atoms with Crippen LogP contribution < -0.4 is 4.90 Å². The predicted octanol–water partition coefficient (Wildman–Crippen LogP) is 2.70. The minimum atomic E-state index is -0.921. The van der Waals surface area contributed by atoms with Crippen molar-refractivity contribution in [2.45, 2.75) is 13.8 Å². The number of carbonyl (C=O) groups excluding carboxylic acids is 3. The zero-order chi connectivity index (χ0) is 16.1. The summed E-state index contributed by atoms with van der Waals surface area (Å²) in [6.07, 6.45) is -0.715. The molecule has 1 aromatic carbocycles. The minimum Gasteiger partial charge on any atom is -0.449 e. The van der Waals surface area contributed by atoms with Crippen LogP contribution in [0.4, 0.5) is 15.3 Å². The van der Waals surface area contributed by atoms with Crippen LogP contribution in [0, 0.1) is 0 Å². The van der Waals surface area contributed by atoms with Crippen molar-refractivity contribution in [2.75, 3.05) is 18.1 Å². The van der Waals surface area contributed by atoms with Crippen molar-refractivity contribution < 1.29 is 28.6 Å². The van der Waals surface area contributed by atoms with Crippen LogP contribution >= 0.6 is 0 Å². The summed E-state index contributed by atoms with van der Waals surface area (Å²) in [5.74, 6) is -0.621. The van der Waals surface area contributed by atoms with E-state index in [9.17, 15) is 14.4 Å². The smallest absolute Gasteiger partial charge is 0.449 e. The van der Waals surface area contributed by atoms with Gasteiger partial charge in [-0.2, -0.15) is 0 Å². The number of hydrogen-bond acceptors (Lipinski definition) is 6. The number of rotatable bonds is 3. The van der Waals surface area contributed by atoms with Crippen molar-refractivity contribution in [1.29, 1.82) is 0 Å². The van der Waals surface area contributed by atoms with Gasteiger partial charge in [0.25, 0.3) is 5.91 Å². The fourth-order valence-electron chi connectivity index (χ4n) is 1.98. The van der Waals surface area contributed by atoms with Crippen molar-refractivity contribution in [1.82, 2.24) is 0 Å². The Morgan fingerprint density at radius 3 is 2.50 bits per heavy atom. The Hall–Kier alpha value is -2.83. The highest BCUT2D eigenvalue weighted by molar-refractivity contribution is 6.38. The Labute approximate surface area is 127 Å². The van der Waals surface area contributed by atoms with Crippen LogP contribution in [0.5, 0.6) is 0 Å². The van der Waals surface area contributed by atoms with Crippen LogP contribution in [0.15, 0.2) is 30.5 Å². The van der Waals surface area contributed by atoms with E-state index in [0.717, 1.165) is 11.2 Å². The third kappa shape index (κ3) is 2.93. The van der Waals surface area contributed by atoms with E-state index in [1.165, 1.54) is 0 Å². The second-order valence-electron chi connectivity index (χ2n) is 4.19. The monoisotopic (exact) mass is 305 g/mol. The highest BCUT2D eigenvalue weighted by Crippen LogP contribution is 2.36. The molecule has 2 amide bonds. The molecule has 116 valence electrons. The first kappa shape index (κ1) is 15.6. The summed E-state index contributed by atoms with van der Waals surface area (Å²) < 4.78 is 14.2. The average molecular weight is 305 g/mol. The maximum Gasteiger partial charge on any atom is 0.513 e. The van der Waals surface area contributed by atoms with Crippen LogP contribution in [-0.4, -0.2) is 31.4 Å². The molecule has 0 aliphatic carbocycles. The van der Waals surface area contributed by atoms with E-state index >= 15 is 0 Å². The highest BCUT2D eigenvalue weighted by Gasteiger charge is 2.38. The van der Waals surface area contributed by atoms with E-state index in [0.29, 0.717) is 11.3 Å². The number of carbonyl (C=O) groups is 3. The fraction of sp³-hybridized carbons (Fsp3) is 0.267. The normalized spacial score (nSPS) is 14.7. The van der Waals surface area contributed by atoms with Gasteiger partial charge in [-0.25, -0.2) is 14.5 Å². The molecule has 0 fully saturated rings. The maximum absolute atomic E-state index is 12.4. The van der Waals surface area contributed by atoms with Crippen molar-refractivity contribution >= 4 is 29.4 Å². The van der Waals surface area contributed by atoms with Gasteiger partial charge in [0.2, 0.25) is 0 Å². The van der Waals surface area contributed by atoms with Crippen LogP contribution in [0.2, 0.25) is 0 Å². The Morgan fingerprint density at radius 2 is 1.82 bits per heavy atom. The molecule has 0 N–H and O–H groups in total. The molecule has 22 heavy (non-hydrogen) atoms. The summed E-state index contributed by atoms with van der Waals surface area (Å²) in [6.45, 7) is 3.57. The van der Waals surface area contributed by atoms with Crippen LogP contribution in [0.1, 0.15) is 19.4 Å². The Morgan fingerprint density at radius 1 is 1.14 bits per heavy atom. The summed E-state index contributed by atoms with van der Waals surface area (Å²) in [5.41, 5.74) is 0.936. The molecule has 0 aromatic heterocycles. The number of fused-ring (bicyclic) bond motifs is 1. The van der Waals surface area contributed by atoms with Crippen molar-refractivity contribution in [3.63, 3.8) is 0 Å². The van der Waals surface area contributed by atoms with Crippen LogP contribution in [0.25, 0.3) is 5.57 Å². The summed E-state index contributed by atoms with van der Waals surface area (Å²) in [4.78, 5) is 36.4. The number of hydrogen-bond donors (Lipinski definition) is 0. The summed E-state index contributed by atoms with van der Waals surface area (Å²) in [6, 6.07) is 6.65. The molecule has 0 spiro atoms. The number of ether oxygens (including phenoxy) is 3. The molecule has 0 saturated heterocycles. The molecule has 0 bridgehead atoms. The quantitative estimate of drug-likeness (QED) is 0.485. The van der Waals surface area contributed by atoms with Gasteiger partial charge in [-0.1, -0.05) is 18.2 Å². The molecular weight excluding hydrogens is 290 g/mol. The lowest BCUT2D eigenvalue weighted by molar-refractivity contribution is -0.112. The van der Waals surface area contributed by atoms with Gasteiger partial charge in [0.15, 0.2) is 0 Å². The summed E-state index contributed by atoms with van der Waals surface area (Å²) >= 11 is 0. The van der Waals surface area contributed by atoms with E-state index < -0.39 is 18.2 Å². The molecule has 0 saturated carbocycles. The van der Waals surface area contributed by atoms with Crippen molar-refractivity contribution in [3.05, 3.63) is 36.1 Å². The molecule has 0 atom stereocenters. The van der Waals surface area contributed by atoms with E-state index in [2.05, 4.69) is 4.74 Å². The number of nitrogens with zero attached hydrogens (tertiary/aromatic N) is 1. The zero-order valence-electron chi connectivity index (χ0n) is 12.2. The lowest BCUT2D eigenvalue weighted by atomic mass is 10.1. The first-order valence-electron chi connectivity index (χ1n) is 6.74. The number of para-hydroxylation sites is 1. The third-order valence-corrected chi connectivity index (χ3v) is 2.85. The van der Waals surface area contributed by atoms with Crippen molar-refractivity contribution in [3.8, 4) is 0 Å². The minimum absolute atomic E-state index is 0.0803. The van der Waals surface area contributed by atoms with E-state index in [1.807, 2.05) is 0 Å². The molecule has 2 rings (SSSR count). The SMILES string of the molecule is CCOC(=O)O/C=C1\C(=O)N(C(=O)OCC)c2ccccc21. The Balaban J connectivity index is 2.33. The lowest BCUT2D eigenvalue weighted by Gasteiger charge is -2.13. The maximum atomic E-state index is 12.4. The molecule has 1 aliphatic rings. The number of anilines is 1. The van der Waals surface area contributed by atoms with E-state index in [1.54, 1.807) is 38.1 Å². The van der Waals surface area contributed by atoms with Crippen LogP contribution in [-0.2, 0) is 19.0 Å². The van der Waals surface area contributed by atoms with E-state index in [4.69, 9.17) is 9.47 Å². The Bertz CT molecular complexity index is 637. The largest absolute Gasteiger partial charge is 0.513 e. The van der Waals surface area contributed by atoms with Crippen LogP contribution in [0.3, 0.4) is 0 Å². The standard InChI is InChI=1S/C15H15NO6/c1-3-20-14(18)16-12-8-6-5-7-10(12)11(13(16)17)9-22-15(19)21-4-2/h5-9H,3-4H2,1-2H3/b11-9-. The molecule has 1 aromatic rings. The van der Waals surface area contributed by atoms with Gasteiger partial charge < -0.3 is 14.2 Å². The fourth-order valence-corrected chi connectivity index (χ4v) is 1.98. The summed E-state index contributed by atoms with van der Waals surface area (Å²) in [7, 11) is 0. The van der Waals surface area contributed by atoms with Gasteiger partial charge in [-0.15, -0.1) is 0 Å². The van der Waals surface area contributed by atoms with Gasteiger partial charge in [-0.3, -0.25) is 4.79 Å². The predicted molar refractivity (Wildman–Crippen MR) is 77.0 cm³/mol. The summed E-state index contributed by atoms with van der Waals surface area (Å²) in [5, 5.41) is 0. The topological polar surface area (TPSA) is 82.1 Å². The van der Waals surface area contributed by atoms with Gasteiger partial charge >= 0.3 is 12.2 Å². The van der Waals surface area contributed by atoms with Gasteiger partial charge in [0, 0.05) is 5.56 Å². The molecule has 1 aliphatic heterocycles. The molecular formula is C15H15NO6. The van der Waals surface area contributed by atoms with E-state index in [-0.39, 0.29) is 18.8 Å². The second kappa shape index (κ2) is 6.75. The molecule has 1 heterocycles. The molecule has 0 unspecified atom stereocenters. The van der Waals surface area contributed by atoms with Gasteiger partial charge in [-0.05, 0) is 19.9 Å². The number of amides is 2. The average Bonchev–Trinajstić information content (AvgIpc) is 2.77. The highest BCUT2D eigenvalue weighted by atomic mass is 16.7. The third-order valence-electron chi connectivity index (χ3n) is 2.85. The molecule has 7 heteroatoms. The lowest BCUT2D eigenvalue weighted by Crippen LogP contribution is -2.34. The molecule has 0 radical (unpaired) electrons. The first-order chi connectivity index (χ1) is 10.6. The van der Waals surface area contributed by atoms with Gasteiger partial charge in [0.1, 0.15) is 6.26 Å². The second-order valence-corrected chi connectivity index (χ2v) is 4.19.